The quantitative estimate of drug-likeness (QED) is 0.691. The predicted molar refractivity (Wildman–Crippen MR) is 51.7 cm³/mol. The lowest BCUT2D eigenvalue weighted by molar-refractivity contribution is -0.125. The molecule has 1 aliphatic rings. The number of methoxy groups -OCH3 is 1. The van der Waals surface area contributed by atoms with Crippen LogP contribution in [0.2, 0.25) is 0 Å². The Labute approximate surface area is 82.2 Å². The fraction of sp³-hybridized carbons (Fsp3) is 0.778. The molecule has 0 N–H and O–H groups in total. The topological polar surface area (TPSA) is 43.4 Å². The third-order valence-corrected chi connectivity index (χ3v) is 3.46. The van der Waals surface area contributed by atoms with Gasteiger partial charge in [-0.3, -0.25) is 9.59 Å². The summed E-state index contributed by atoms with van der Waals surface area (Å²) in [4.78, 5) is 22.9. The van der Waals surface area contributed by atoms with E-state index in [4.69, 9.17) is 4.74 Å². The third kappa shape index (κ3) is 2.54. The van der Waals surface area contributed by atoms with E-state index >= 15 is 0 Å². The standard InChI is InChI=1S/C9H14O3S/c1-3-6-4-7(10)8(5-12-2)13-9(6)11/h6,8H,3-5H2,1-2H3. The smallest absolute Gasteiger partial charge is 0.193 e. The van der Waals surface area contributed by atoms with Crippen LogP contribution in [0.25, 0.3) is 0 Å². The van der Waals surface area contributed by atoms with Crippen molar-refractivity contribution in [2.75, 3.05) is 13.7 Å². The molecule has 3 nitrogen and oxygen atoms in total. The summed E-state index contributed by atoms with van der Waals surface area (Å²) in [6.07, 6.45) is 1.16. The van der Waals surface area contributed by atoms with Crippen molar-refractivity contribution in [2.45, 2.75) is 25.0 Å². The largest absolute Gasteiger partial charge is 0.383 e. The third-order valence-electron chi connectivity index (χ3n) is 2.21. The van der Waals surface area contributed by atoms with E-state index < -0.39 is 0 Å². The van der Waals surface area contributed by atoms with Crippen molar-refractivity contribution in [1.82, 2.24) is 0 Å². The van der Waals surface area contributed by atoms with Gasteiger partial charge in [0.15, 0.2) is 5.12 Å². The normalized spacial score (nSPS) is 29.4. The molecule has 1 saturated heterocycles. The van der Waals surface area contributed by atoms with E-state index in [0.717, 1.165) is 18.2 Å². The van der Waals surface area contributed by atoms with Crippen molar-refractivity contribution < 1.29 is 14.3 Å². The zero-order valence-corrected chi connectivity index (χ0v) is 8.73. The monoisotopic (exact) mass is 202 g/mol. The lowest BCUT2D eigenvalue weighted by Crippen LogP contribution is -2.33. The molecule has 0 aromatic rings. The van der Waals surface area contributed by atoms with Crippen molar-refractivity contribution >= 4 is 22.7 Å². The van der Waals surface area contributed by atoms with Gasteiger partial charge in [-0.15, -0.1) is 0 Å². The molecule has 0 aromatic carbocycles. The molecule has 1 fully saturated rings. The Balaban J connectivity index is 2.56. The Morgan fingerprint density at radius 2 is 2.23 bits per heavy atom. The molecule has 1 heterocycles. The second-order valence-corrected chi connectivity index (χ2v) is 4.36. The van der Waals surface area contributed by atoms with Crippen LogP contribution < -0.4 is 0 Å². The van der Waals surface area contributed by atoms with Gasteiger partial charge in [-0.05, 0) is 6.42 Å². The van der Waals surface area contributed by atoms with Crippen LogP contribution >= 0.6 is 11.8 Å². The van der Waals surface area contributed by atoms with Crippen LogP contribution in [0.1, 0.15) is 19.8 Å². The SMILES string of the molecule is CCC1CC(=O)C(COC)SC1=O. The zero-order valence-electron chi connectivity index (χ0n) is 7.91. The van der Waals surface area contributed by atoms with Crippen molar-refractivity contribution in [2.24, 2.45) is 5.92 Å². The first-order chi connectivity index (χ1) is 6.19. The summed E-state index contributed by atoms with van der Waals surface area (Å²) in [6.45, 7) is 2.29. The summed E-state index contributed by atoms with van der Waals surface area (Å²) in [5.74, 6) is 0.0870. The molecule has 0 saturated carbocycles. The molecule has 2 unspecified atom stereocenters. The van der Waals surface area contributed by atoms with Gasteiger partial charge in [0.25, 0.3) is 0 Å². The lowest BCUT2D eigenvalue weighted by Gasteiger charge is -2.23. The predicted octanol–water partition coefficient (Wildman–Crippen LogP) is 1.26. The summed E-state index contributed by atoms with van der Waals surface area (Å²) in [5, 5.41) is -0.121. The molecule has 4 heteroatoms. The van der Waals surface area contributed by atoms with Gasteiger partial charge in [0.2, 0.25) is 0 Å². The van der Waals surface area contributed by atoms with Crippen LogP contribution in [0.5, 0.6) is 0 Å². The molecule has 1 rings (SSSR count). The number of thioether (sulfide) groups is 1. The zero-order chi connectivity index (χ0) is 9.84. The number of hydrogen-bond acceptors (Lipinski definition) is 4. The minimum absolute atomic E-state index is 0.0643. The first-order valence-electron chi connectivity index (χ1n) is 4.41. The Bertz CT molecular complexity index is 215. The van der Waals surface area contributed by atoms with E-state index in [2.05, 4.69) is 0 Å². The Kier molecular flexibility index (Phi) is 3.93. The van der Waals surface area contributed by atoms with Crippen molar-refractivity contribution in [3.05, 3.63) is 0 Å². The number of carbonyl (C=O) groups excluding carboxylic acids is 2. The van der Waals surface area contributed by atoms with Crippen LogP contribution in [0.3, 0.4) is 0 Å². The maximum absolute atomic E-state index is 11.4. The summed E-state index contributed by atoms with van der Waals surface area (Å²) in [5.41, 5.74) is 0. The minimum Gasteiger partial charge on any atom is -0.383 e. The lowest BCUT2D eigenvalue weighted by atomic mass is 9.99. The minimum atomic E-state index is -0.264. The summed E-state index contributed by atoms with van der Waals surface area (Å²) in [6, 6.07) is 0. The van der Waals surface area contributed by atoms with Gasteiger partial charge >= 0.3 is 0 Å². The van der Waals surface area contributed by atoms with Crippen LogP contribution in [0, 0.1) is 5.92 Å². The molecular formula is C9H14O3S. The van der Waals surface area contributed by atoms with Gasteiger partial charge < -0.3 is 4.74 Å². The molecule has 2 atom stereocenters. The number of rotatable bonds is 3. The van der Waals surface area contributed by atoms with Crippen LogP contribution in [-0.2, 0) is 14.3 Å². The van der Waals surface area contributed by atoms with Crippen molar-refractivity contribution in [1.29, 1.82) is 0 Å². The summed E-state index contributed by atoms with van der Waals surface area (Å²) < 4.78 is 4.88. The Hall–Kier alpha value is -0.350. The van der Waals surface area contributed by atoms with Gasteiger partial charge in [-0.2, -0.15) is 0 Å². The highest BCUT2D eigenvalue weighted by molar-refractivity contribution is 8.14. The molecule has 74 valence electrons. The van der Waals surface area contributed by atoms with Gasteiger partial charge in [0, 0.05) is 19.4 Å². The van der Waals surface area contributed by atoms with E-state index in [1.807, 2.05) is 6.92 Å². The highest BCUT2D eigenvalue weighted by Gasteiger charge is 2.34. The molecule has 0 bridgehead atoms. The number of ether oxygens (including phenoxy) is 1. The molecule has 0 aromatic heterocycles. The van der Waals surface area contributed by atoms with E-state index in [-0.39, 0.29) is 22.1 Å². The first kappa shape index (κ1) is 10.7. The van der Waals surface area contributed by atoms with Crippen LogP contribution in [0.15, 0.2) is 0 Å². The highest BCUT2D eigenvalue weighted by Crippen LogP contribution is 2.30. The van der Waals surface area contributed by atoms with E-state index in [1.165, 1.54) is 0 Å². The summed E-state index contributed by atoms with van der Waals surface area (Å²) >= 11 is 1.14. The van der Waals surface area contributed by atoms with Crippen LogP contribution in [0.4, 0.5) is 0 Å². The molecular weight excluding hydrogens is 188 g/mol. The number of carbonyl (C=O) groups is 2. The Morgan fingerprint density at radius 1 is 1.54 bits per heavy atom. The molecule has 13 heavy (non-hydrogen) atoms. The average Bonchev–Trinajstić information content (AvgIpc) is 2.11. The van der Waals surface area contributed by atoms with E-state index in [1.54, 1.807) is 7.11 Å². The Morgan fingerprint density at radius 3 is 2.77 bits per heavy atom. The van der Waals surface area contributed by atoms with Gasteiger partial charge in [0.05, 0.1) is 11.9 Å². The van der Waals surface area contributed by atoms with Gasteiger partial charge in [-0.25, -0.2) is 0 Å². The molecule has 0 spiro atoms. The number of ketones is 1. The molecule has 1 aliphatic heterocycles. The van der Waals surface area contributed by atoms with E-state index in [9.17, 15) is 9.59 Å². The first-order valence-corrected chi connectivity index (χ1v) is 5.29. The summed E-state index contributed by atoms with van der Waals surface area (Å²) in [7, 11) is 1.55. The van der Waals surface area contributed by atoms with Crippen molar-refractivity contribution in [3.63, 3.8) is 0 Å². The van der Waals surface area contributed by atoms with Gasteiger partial charge in [0.1, 0.15) is 5.78 Å². The average molecular weight is 202 g/mol. The number of Topliss-reactive ketones (excluding diaryl/α,β-unsaturated/α-hetero) is 1. The fourth-order valence-electron chi connectivity index (χ4n) is 1.35. The highest BCUT2D eigenvalue weighted by atomic mass is 32.2. The second-order valence-electron chi connectivity index (χ2n) is 3.16. The maximum atomic E-state index is 11.4. The van der Waals surface area contributed by atoms with Gasteiger partial charge in [-0.1, -0.05) is 18.7 Å². The second kappa shape index (κ2) is 4.77. The van der Waals surface area contributed by atoms with Crippen LogP contribution in [-0.4, -0.2) is 29.9 Å². The molecule has 0 radical (unpaired) electrons. The van der Waals surface area contributed by atoms with Crippen molar-refractivity contribution in [3.8, 4) is 0 Å². The van der Waals surface area contributed by atoms with E-state index in [0.29, 0.717) is 13.0 Å². The molecule has 0 amide bonds. The number of hydrogen-bond donors (Lipinski definition) is 0. The molecule has 0 aliphatic carbocycles. The maximum Gasteiger partial charge on any atom is 0.193 e. The fourth-order valence-corrected chi connectivity index (χ4v) is 2.50.